The minimum absolute atomic E-state index is 0.113. The van der Waals surface area contributed by atoms with E-state index in [1.54, 1.807) is 0 Å². The van der Waals surface area contributed by atoms with Crippen molar-refractivity contribution < 1.29 is 9.53 Å². The Labute approximate surface area is 80.0 Å². The van der Waals surface area contributed by atoms with Crippen LogP contribution in [-0.2, 0) is 9.53 Å². The minimum atomic E-state index is -0.286. The Kier molecular flexibility index (Phi) is 3.52. The fourth-order valence-corrected chi connectivity index (χ4v) is 2.01. The summed E-state index contributed by atoms with van der Waals surface area (Å²) in [4.78, 5) is 11.0. The Hall–Kier alpha value is -0.790. The van der Waals surface area contributed by atoms with Crippen LogP contribution in [0, 0.1) is 11.8 Å². The van der Waals surface area contributed by atoms with Gasteiger partial charge in [-0.25, -0.2) is 4.79 Å². The molecule has 0 saturated heterocycles. The maximum atomic E-state index is 11.0. The molecule has 1 fully saturated rings. The van der Waals surface area contributed by atoms with Crippen molar-refractivity contribution in [2.45, 2.75) is 39.2 Å². The van der Waals surface area contributed by atoms with Crippen LogP contribution in [0.15, 0.2) is 12.7 Å². The molecule has 0 amide bonds. The number of hydrogen-bond acceptors (Lipinski definition) is 2. The molecule has 2 nitrogen and oxygen atoms in total. The maximum Gasteiger partial charge on any atom is 0.330 e. The van der Waals surface area contributed by atoms with Gasteiger partial charge in [0.2, 0.25) is 0 Å². The van der Waals surface area contributed by atoms with Crippen LogP contribution in [-0.4, -0.2) is 12.1 Å². The molecule has 0 heterocycles. The number of rotatable bonds is 2. The van der Waals surface area contributed by atoms with Crippen LogP contribution in [0.5, 0.6) is 0 Å². The lowest BCUT2D eigenvalue weighted by atomic mass is 9.81. The van der Waals surface area contributed by atoms with Gasteiger partial charge in [0.25, 0.3) is 0 Å². The Morgan fingerprint density at radius 2 is 2.15 bits per heavy atom. The number of hydrogen-bond donors (Lipinski definition) is 0. The molecule has 0 aromatic heterocycles. The van der Waals surface area contributed by atoms with Crippen molar-refractivity contribution >= 4 is 5.97 Å². The van der Waals surface area contributed by atoms with Crippen molar-refractivity contribution in [2.24, 2.45) is 11.8 Å². The van der Waals surface area contributed by atoms with Gasteiger partial charge < -0.3 is 4.74 Å². The van der Waals surface area contributed by atoms with Gasteiger partial charge in [0.15, 0.2) is 0 Å². The summed E-state index contributed by atoms with van der Waals surface area (Å²) in [6.07, 6.45) is 4.68. The summed E-state index contributed by atoms with van der Waals surface area (Å²) in [6, 6.07) is 0. The summed E-state index contributed by atoms with van der Waals surface area (Å²) in [5.41, 5.74) is 0. The van der Waals surface area contributed by atoms with Gasteiger partial charge in [-0.05, 0) is 31.1 Å². The Morgan fingerprint density at radius 1 is 1.46 bits per heavy atom. The number of esters is 1. The van der Waals surface area contributed by atoms with E-state index in [1.807, 2.05) is 0 Å². The molecule has 3 atom stereocenters. The molecule has 0 spiro atoms. The van der Waals surface area contributed by atoms with Gasteiger partial charge in [-0.3, -0.25) is 0 Å². The van der Waals surface area contributed by atoms with Crippen LogP contribution in [0.1, 0.15) is 33.1 Å². The van der Waals surface area contributed by atoms with E-state index in [9.17, 15) is 4.79 Å². The van der Waals surface area contributed by atoms with Gasteiger partial charge in [0, 0.05) is 6.08 Å². The summed E-state index contributed by atoms with van der Waals surface area (Å²) in [7, 11) is 0. The molecular weight excluding hydrogens is 164 g/mol. The molecule has 0 aromatic rings. The molecule has 2 heteroatoms. The first kappa shape index (κ1) is 10.3. The topological polar surface area (TPSA) is 26.3 Å². The molecule has 0 aromatic carbocycles. The van der Waals surface area contributed by atoms with Gasteiger partial charge >= 0.3 is 5.97 Å². The molecule has 0 aliphatic heterocycles. The molecule has 1 aliphatic carbocycles. The SMILES string of the molecule is C=CC(=O)OC1CCC(C)CC1C. The Bertz CT molecular complexity index is 198. The smallest absolute Gasteiger partial charge is 0.330 e. The zero-order chi connectivity index (χ0) is 9.84. The highest BCUT2D eigenvalue weighted by Gasteiger charge is 2.27. The van der Waals surface area contributed by atoms with Crippen molar-refractivity contribution in [1.29, 1.82) is 0 Å². The summed E-state index contributed by atoms with van der Waals surface area (Å²) in [6.45, 7) is 7.79. The van der Waals surface area contributed by atoms with E-state index in [0.717, 1.165) is 18.8 Å². The third-order valence-electron chi connectivity index (χ3n) is 2.79. The monoisotopic (exact) mass is 182 g/mol. The van der Waals surface area contributed by atoms with Crippen LogP contribution in [0.2, 0.25) is 0 Å². The molecule has 13 heavy (non-hydrogen) atoms. The van der Waals surface area contributed by atoms with E-state index in [1.165, 1.54) is 12.5 Å². The average Bonchev–Trinajstić information content (AvgIpc) is 2.09. The van der Waals surface area contributed by atoms with E-state index >= 15 is 0 Å². The summed E-state index contributed by atoms with van der Waals surface area (Å²) >= 11 is 0. The molecule has 74 valence electrons. The van der Waals surface area contributed by atoms with E-state index in [4.69, 9.17) is 4.74 Å². The molecule has 1 saturated carbocycles. The van der Waals surface area contributed by atoms with E-state index in [0.29, 0.717) is 5.92 Å². The molecule has 0 N–H and O–H groups in total. The normalized spacial score (nSPS) is 33.8. The zero-order valence-electron chi connectivity index (χ0n) is 8.45. The highest BCUT2D eigenvalue weighted by molar-refractivity contribution is 5.81. The quantitative estimate of drug-likeness (QED) is 0.484. The van der Waals surface area contributed by atoms with Gasteiger partial charge in [-0.1, -0.05) is 20.4 Å². The van der Waals surface area contributed by atoms with Crippen LogP contribution >= 0.6 is 0 Å². The van der Waals surface area contributed by atoms with E-state index < -0.39 is 0 Å². The van der Waals surface area contributed by atoms with Crippen molar-refractivity contribution in [3.63, 3.8) is 0 Å². The predicted octanol–water partition coefficient (Wildman–Crippen LogP) is 2.54. The molecule has 0 bridgehead atoms. The summed E-state index contributed by atoms with van der Waals surface area (Å²) in [5.74, 6) is 0.979. The molecule has 1 rings (SSSR count). The van der Waals surface area contributed by atoms with Crippen molar-refractivity contribution in [2.75, 3.05) is 0 Å². The molecule has 0 radical (unpaired) electrons. The zero-order valence-corrected chi connectivity index (χ0v) is 8.45. The fourth-order valence-electron chi connectivity index (χ4n) is 2.01. The predicted molar refractivity (Wildman–Crippen MR) is 52.3 cm³/mol. The highest BCUT2D eigenvalue weighted by atomic mass is 16.5. The van der Waals surface area contributed by atoms with E-state index in [2.05, 4.69) is 20.4 Å². The lowest BCUT2D eigenvalue weighted by molar-refractivity contribution is -0.147. The second kappa shape index (κ2) is 4.45. The van der Waals surface area contributed by atoms with Crippen molar-refractivity contribution in [3.8, 4) is 0 Å². The number of ether oxygens (including phenoxy) is 1. The number of carbonyl (C=O) groups is 1. The lowest BCUT2D eigenvalue weighted by Crippen LogP contribution is -2.30. The number of carbonyl (C=O) groups excluding carboxylic acids is 1. The highest BCUT2D eigenvalue weighted by Crippen LogP contribution is 2.30. The van der Waals surface area contributed by atoms with Crippen LogP contribution < -0.4 is 0 Å². The van der Waals surface area contributed by atoms with Gasteiger partial charge in [0.1, 0.15) is 6.10 Å². The van der Waals surface area contributed by atoms with Crippen LogP contribution in [0.4, 0.5) is 0 Å². The van der Waals surface area contributed by atoms with Crippen molar-refractivity contribution in [3.05, 3.63) is 12.7 Å². The average molecular weight is 182 g/mol. The van der Waals surface area contributed by atoms with Gasteiger partial charge in [0.05, 0.1) is 0 Å². The molecule has 1 aliphatic rings. The Balaban J connectivity index is 2.42. The molecule has 3 unspecified atom stereocenters. The third kappa shape index (κ3) is 2.87. The lowest BCUT2D eigenvalue weighted by Gasteiger charge is -2.31. The summed E-state index contributed by atoms with van der Waals surface area (Å²) in [5, 5.41) is 0. The minimum Gasteiger partial charge on any atom is -0.459 e. The largest absolute Gasteiger partial charge is 0.459 e. The third-order valence-corrected chi connectivity index (χ3v) is 2.79. The Morgan fingerprint density at radius 3 is 2.69 bits per heavy atom. The second-order valence-electron chi connectivity index (χ2n) is 4.07. The van der Waals surface area contributed by atoms with Gasteiger partial charge in [-0.2, -0.15) is 0 Å². The van der Waals surface area contributed by atoms with E-state index in [-0.39, 0.29) is 12.1 Å². The first-order chi connectivity index (χ1) is 6.13. The molecular formula is C11H18O2. The van der Waals surface area contributed by atoms with Crippen LogP contribution in [0.25, 0.3) is 0 Å². The second-order valence-corrected chi connectivity index (χ2v) is 4.07. The van der Waals surface area contributed by atoms with Gasteiger partial charge in [-0.15, -0.1) is 0 Å². The van der Waals surface area contributed by atoms with Crippen LogP contribution in [0.3, 0.4) is 0 Å². The first-order valence-electron chi connectivity index (χ1n) is 4.96. The maximum absolute atomic E-state index is 11.0. The van der Waals surface area contributed by atoms with Crippen molar-refractivity contribution in [1.82, 2.24) is 0 Å². The summed E-state index contributed by atoms with van der Waals surface area (Å²) < 4.78 is 5.24. The first-order valence-corrected chi connectivity index (χ1v) is 4.96. The standard InChI is InChI=1S/C11H18O2/c1-4-11(12)13-10-6-5-8(2)7-9(10)3/h4,8-10H,1,5-7H2,2-3H3. The fraction of sp³-hybridized carbons (Fsp3) is 0.727.